The van der Waals surface area contributed by atoms with Gasteiger partial charge in [0.2, 0.25) is 0 Å². The first-order valence-corrected chi connectivity index (χ1v) is 6.59. The molecule has 0 aliphatic heterocycles. The van der Waals surface area contributed by atoms with Crippen molar-refractivity contribution in [3.63, 3.8) is 0 Å². The molecule has 3 N–H and O–H groups in total. The number of rotatable bonds is 3. The second kappa shape index (κ2) is 5.80. The second-order valence-corrected chi connectivity index (χ2v) is 5.28. The van der Waals surface area contributed by atoms with E-state index in [-0.39, 0.29) is 16.2 Å². The lowest BCUT2D eigenvalue weighted by Gasteiger charge is -2.11. The summed E-state index contributed by atoms with van der Waals surface area (Å²) in [5, 5.41) is 2.37. The van der Waals surface area contributed by atoms with E-state index >= 15 is 0 Å². The van der Waals surface area contributed by atoms with Gasteiger partial charge in [0.05, 0.1) is 5.69 Å². The highest BCUT2D eigenvalue weighted by Gasteiger charge is 2.14. The van der Waals surface area contributed by atoms with Crippen LogP contribution >= 0.6 is 28.1 Å². The van der Waals surface area contributed by atoms with Crippen molar-refractivity contribution in [2.45, 2.75) is 0 Å². The molecule has 104 valence electrons. The van der Waals surface area contributed by atoms with Crippen LogP contribution in [0.5, 0.6) is 0 Å². The molecule has 0 saturated carbocycles. The molecule has 0 heterocycles. The van der Waals surface area contributed by atoms with Gasteiger partial charge in [-0.05, 0) is 30.3 Å². The minimum atomic E-state index is -0.907. The van der Waals surface area contributed by atoms with Crippen molar-refractivity contribution in [2.24, 2.45) is 5.73 Å². The number of nitrogens with two attached hydrogens (primary N) is 1. The minimum Gasteiger partial charge on any atom is -0.389 e. The number of halogens is 4. The molecule has 2 nitrogen and oxygen atoms in total. The van der Waals surface area contributed by atoms with E-state index in [0.29, 0.717) is 4.47 Å². The van der Waals surface area contributed by atoms with Crippen LogP contribution in [0.1, 0.15) is 5.56 Å². The zero-order chi connectivity index (χ0) is 14.9. The third-order valence-corrected chi connectivity index (χ3v) is 3.25. The first-order chi connectivity index (χ1) is 9.38. The third-order valence-electron chi connectivity index (χ3n) is 2.52. The van der Waals surface area contributed by atoms with Crippen LogP contribution in [0.3, 0.4) is 0 Å². The Balaban J connectivity index is 2.41. The van der Waals surface area contributed by atoms with Crippen molar-refractivity contribution >= 4 is 44.5 Å². The van der Waals surface area contributed by atoms with E-state index < -0.39 is 23.1 Å². The van der Waals surface area contributed by atoms with Crippen molar-refractivity contribution in [3.8, 4) is 0 Å². The fraction of sp³-hybridized carbons (Fsp3) is 0. The fourth-order valence-corrected chi connectivity index (χ4v) is 2.01. The molecule has 0 bridgehead atoms. The zero-order valence-electron chi connectivity index (χ0n) is 9.88. The highest BCUT2D eigenvalue weighted by atomic mass is 79.9. The monoisotopic (exact) mass is 360 g/mol. The molecule has 0 unspecified atom stereocenters. The first kappa shape index (κ1) is 14.8. The quantitative estimate of drug-likeness (QED) is 0.803. The topological polar surface area (TPSA) is 38.0 Å². The lowest BCUT2D eigenvalue weighted by molar-refractivity contribution is 0.589. The number of hydrogen-bond acceptors (Lipinski definition) is 2. The van der Waals surface area contributed by atoms with E-state index in [1.54, 1.807) is 6.07 Å². The molecule has 0 radical (unpaired) electrons. The van der Waals surface area contributed by atoms with Gasteiger partial charge in [-0.15, -0.1) is 0 Å². The molecule has 2 aromatic carbocycles. The normalized spacial score (nSPS) is 10.4. The van der Waals surface area contributed by atoms with Gasteiger partial charge in [0.1, 0.15) is 28.1 Å². The number of hydrogen-bond donors (Lipinski definition) is 2. The first-order valence-electron chi connectivity index (χ1n) is 5.39. The maximum absolute atomic E-state index is 13.8. The second-order valence-electron chi connectivity index (χ2n) is 3.93. The van der Waals surface area contributed by atoms with Crippen molar-refractivity contribution in [1.29, 1.82) is 0 Å². The van der Waals surface area contributed by atoms with Crippen LogP contribution in [0.25, 0.3) is 0 Å². The summed E-state index contributed by atoms with van der Waals surface area (Å²) < 4.78 is 41.8. The van der Waals surface area contributed by atoms with Crippen LogP contribution in [0.2, 0.25) is 0 Å². The Kier molecular flexibility index (Phi) is 4.29. The van der Waals surface area contributed by atoms with Gasteiger partial charge in [0.25, 0.3) is 0 Å². The molecule has 0 atom stereocenters. The van der Waals surface area contributed by atoms with Gasteiger partial charge >= 0.3 is 0 Å². The summed E-state index contributed by atoms with van der Waals surface area (Å²) in [6, 6.07) is 6.07. The Morgan fingerprint density at radius 3 is 2.15 bits per heavy atom. The average Bonchev–Trinajstić information content (AvgIpc) is 2.35. The SMILES string of the molecule is NC(=S)c1cc(F)c(Nc2ccc(Br)cc2F)c(F)c1. The molecule has 0 saturated heterocycles. The molecule has 0 fully saturated rings. The molecular weight excluding hydrogens is 353 g/mol. The molecule has 0 amide bonds. The summed E-state index contributed by atoms with van der Waals surface area (Å²) in [5.74, 6) is -2.46. The maximum atomic E-state index is 13.8. The largest absolute Gasteiger partial charge is 0.389 e. The Hall–Kier alpha value is -1.60. The predicted octanol–water partition coefficient (Wildman–Crippen LogP) is 4.24. The zero-order valence-corrected chi connectivity index (χ0v) is 12.3. The number of anilines is 2. The van der Waals surface area contributed by atoms with E-state index in [4.69, 9.17) is 5.73 Å². The summed E-state index contributed by atoms with van der Waals surface area (Å²) in [5.41, 5.74) is 4.86. The lowest BCUT2D eigenvalue weighted by atomic mass is 10.1. The van der Waals surface area contributed by atoms with E-state index in [1.807, 2.05) is 0 Å². The highest BCUT2D eigenvalue weighted by Crippen LogP contribution is 2.27. The van der Waals surface area contributed by atoms with E-state index in [9.17, 15) is 13.2 Å². The van der Waals surface area contributed by atoms with Crippen molar-refractivity contribution in [1.82, 2.24) is 0 Å². The number of thiocarbonyl (C=S) groups is 1. The van der Waals surface area contributed by atoms with Crippen LogP contribution in [0.15, 0.2) is 34.8 Å². The van der Waals surface area contributed by atoms with Gasteiger partial charge in [0.15, 0.2) is 0 Å². The maximum Gasteiger partial charge on any atom is 0.150 e. The summed E-state index contributed by atoms with van der Waals surface area (Å²) in [6.07, 6.45) is 0. The molecule has 2 rings (SSSR count). The van der Waals surface area contributed by atoms with Crippen LogP contribution in [0, 0.1) is 17.5 Å². The molecule has 7 heteroatoms. The highest BCUT2D eigenvalue weighted by molar-refractivity contribution is 9.10. The van der Waals surface area contributed by atoms with Crippen molar-refractivity contribution in [3.05, 3.63) is 57.8 Å². The fourth-order valence-electron chi connectivity index (χ4n) is 1.56. The van der Waals surface area contributed by atoms with Gasteiger partial charge in [0, 0.05) is 10.0 Å². The van der Waals surface area contributed by atoms with Gasteiger partial charge < -0.3 is 11.1 Å². The van der Waals surface area contributed by atoms with Gasteiger partial charge in [-0.25, -0.2) is 13.2 Å². The lowest BCUT2D eigenvalue weighted by Crippen LogP contribution is -2.11. The standard InChI is InChI=1S/C13H8BrF3N2S/c14-7-1-2-11(8(15)5-7)19-12-9(16)3-6(13(18)20)4-10(12)17/h1-5,19H,(H2,18,20). The molecule has 2 aromatic rings. The predicted molar refractivity (Wildman–Crippen MR) is 79.6 cm³/mol. The van der Waals surface area contributed by atoms with Crippen LogP contribution in [0.4, 0.5) is 24.5 Å². The molecule has 20 heavy (non-hydrogen) atoms. The van der Waals surface area contributed by atoms with E-state index in [0.717, 1.165) is 12.1 Å². The average molecular weight is 361 g/mol. The third kappa shape index (κ3) is 3.10. The Morgan fingerprint density at radius 1 is 1.05 bits per heavy atom. The van der Waals surface area contributed by atoms with E-state index in [2.05, 4.69) is 33.5 Å². The summed E-state index contributed by atoms with van der Waals surface area (Å²) >= 11 is 7.74. The number of benzene rings is 2. The minimum absolute atomic E-state index is 0.0472. The van der Waals surface area contributed by atoms with E-state index in [1.165, 1.54) is 12.1 Å². The summed E-state index contributed by atoms with van der Waals surface area (Å²) in [6.45, 7) is 0. The molecular formula is C13H8BrF3N2S. The molecule has 0 aliphatic carbocycles. The van der Waals surface area contributed by atoms with Crippen LogP contribution in [-0.4, -0.2) is 4.99 Å². The Labute approximate surface area is 126 Å². The van der Waals surface area contributed by atoms with Gasteiger partial charge in [-0.2, -0.15) is 0 Å². The van der Waals surface area contributed by atoms with Gasteiger partial charge in [-0.1, -0.05) is 28.1 Å². The van der Waals surface area contributed by atoms with Crippen molar-refractivity contribution in [2.75, 3.05) is 5.32 Å². The number of nitrogens with one attached hydrogen (secondary N) is 1. The molecule has 0 aromatic heterocycles. The van der Waals surface area contributed by atoms with Crippen LogP contribution in [-0.2, 0) is 0 Å². The Bertz CT molecular complexity index is 668. The molecule has 0 spiro atoms. The Morgan fingerprint density at radius 2 is 1.65 bits per heavy atom. The molecule has 0 aliphatic rings. The van der Waals surface area contributed by atoms with Crippen LogP contribution < -0.4 is 11.1 Å². The summed E-state index contributed by atoms with van der Waals surface area (Å²) in [7, 11) is 0. The van der Waals surface area contributed by atoms with Crippen molar-refractivity contribution < 1.29 is 13.2 Å². The smallest absolute Gasteiger partial charge is 0.150 e. The summed E-state index contributed by atoms with van der Waals surface area (Å²) in [4.78, 5) is -0.121. The van der Waals surface area contributed by atoms with Gasteiger partial charge in [-0.3, -0.25) is 0 Å².